The average Bonchev–Trinajstić information content (AvgIpc) is 2.28. The topological polar surface area (TPSA) is 70.7 Å². The summed E-state index contributed by atoms with van der Waals surface area (Å²) in [6.07, 6.45) is 0.212. The van der Waals surface area contributed by atoms with Gasteiger partial charge in [0.25, 0.3) is 0 Å². The maximum atomic E-state index is 11.6. The second-order valence-corrected chi connectivity index (χ2v) is 3.86. The predicted octanol–water partition coefficient (Wildman–Crippen LogP) is -0.0254. The van der Waals surface area contributed by atoms with Gasteiger partial charge in [-0.2, -0.15) is 0 Å². The van der Waals surface area contributed by atoms with Gasteiger partial charge in [-0.3, -0.25) is 4.79 Å². The standard InChI is InChI=1S/C10H19N3O3.ClH/c1-8-7-13(6-5-11-8)10(15)12-4-3-9(14)16-2;/h8,11H,3-7H2,1-2H3,(H,12,15);1H. The Morgan fingerprint density at radius 1 is 1.53 bits per heavy atom. The van der Waals surface area contributed by atoms with Gasteiger partial charge >= 0.3 is 12.0 Å². The Kier molecular flexibility index (Phi) is 7.65. The lowest BCUT2D eigenvalue weighted by atomic mass is 10.2. The van der Waals surface area contributed by atoms with E-state index in [1.165, 1.54) is 7.11 Å². The largest absolute Gasteiger partial charge is 0.469 e. The molecule has 0 aliphatic carbocycles. The molecule has 0 radical (unpaired) electrons. The second-order valence-electron chi connectivity index (χ2n) is 3.86. The zero-order valence-electron chi connectivity index (χ0n) is 10.2. The number of carbonyl (C=O) groups is 2. The minimum absolute atomic E-state index is 0. The Morgan fingerprint density at radius 3 is 2.82 bits per heavy atom. The van der Waals surface area contributed by atoms with Gasteiger partial charge in [0.05, 0.1) is 13.5 Å². The number of halogens is 1. The molecule has 0 aromatic carbocycles. The van der Waals surface area contributed by atoms with Gasteiger partial charge in [0.15, 0.2) is 0 Å². The van der Waals surface area contributed by atoms with Crippen LogP contribution in [0.4, 0.5) is 4.79 Å². The van der Waals surface area contributed by atoms with Gasteiger partial charge in [0.2, 0.25) is 0 Å². The first-order valence-corrected chi connectivity index (χ1v) is 5.46. The third kappa shape index (κ3) is 5.74. The molecule has 1 atom stereocenters. The van der Waals surface area contributed by atoms with Crippen LogP contribution in [-0.4, -0.2) is 56.2 Å². The van der Waals surface area contributed by atoms with Crippen LogP contribution < -0.4 is 10.6 Å². The van der Waals surface area contributed by atoms with Gasteiger partial charge in [0, 0.05) is 32.2 Å². The third-order valence-electron chi connectivity index (χ3n) is 2.49. The Bertz CT molecular complexity index is 263. The van der Waals surface area contributed by atoms with Crippen LogP contribution in [0.1, 0.15) is 13.3 Å². The first-order chi connectivity index (χ1) is 7.63. The zero-order valence-corrected chi connectivity index (χ0v) is 11.0. The molecule has 1 fully saturated rings. The second kappa shape index (κ2) is 8.14. The van der Waals surface area contributed by atoms with Crippen molar-refractivity contribution < 1.29 is 14.3 Å². The number of methoxy groups -OCH3 is 1. The highest BCUT2D eigenvalue weighted by molar-refractivity contribution is 5.85. The monoisotopic (exact) mass is 265 g/mol. The number of ether oxygens (including phenoxy) is 1. The summed E-state index contributed by atoms with van der Waals surface area (Å²) in [7, 11) is 1.34. The van der Waals surface area contributed by atoms with Crippen molar-refractivity contribution in [3.05, 3.63) is 0 Å². The molecule has 1 aliphatic heterocycles. The quantitative estimate of drug-likeness (QED) is 0.704. The van der Waals surface area contributed by atoms with Crippen molar-refractivity contribution in [2.75, 3.05) is 33.3 Å². The van der Waals surface area contributed by atoms with Gasteiger partial charge in [-0.15, -0.1) is 12.4 Å². The molecule has 1 aliphatic rings. The van der Waals surface area contributed by atoms with Crippen LogP contribution in [0.5, 0.6) is 0 Å². The molecule has 1 rings (SSSR count). The molecule has 0 bridgehead atoms. The molecule has 0 saturated carbocycles. The van der Waals surface area contributed by atoms with Crippen LogP contribution in [0, 0.1) is 0 Å². The third-order valence-corrected chi connectivity index (χ3v) is 2.49. The van der Waals surface area contributed by atoms with E-state index in [0.29, 0.717) is 25.7 Å². The summed E-state index contributed by atoms with van der Waals surface area (Å²) in [5, 5.41) is 5.95. The number of nitrogens with one attached hydrogen (secondary N) is 2. The number of esters is 1. The van der Waals surface area contributed by atoms with E-state index in [1.807, 2.05) is 6.92 Å². The molecule has 0 aromatic rings. The van der Waals surface area contributed by atoms with E-state index in [9.17, 15) is 9.59 Å². The van der Waals surface area contributed by atoms with E-state index in [-0.39, 0.29) is 30.8 Å². The predicted molar refractivity (Wildman–Crippen MR) is 66.3 cm³/mol. The van der Waals surface area contributed by atoms with E-state index >= 15 is 0 Å². The molecule has 100 valence electrons. The smallest absolute Gasteiger partial charge is 0.317 e. The molecule has 0 aromatic heterocycles. The molecule has 0 spiro atoms. The van der Waals surface area contributed by atoms with Crippen LogP contribution in [-0.2, 0) is 9.53 Å². The number of hydrogen-bond donors (Lipinski definition) is 2. The summed E-state index contributed by atoms with van der Waals surface area (Å²) >= 11 is 0. The van der Waals surface area contributed by atoms with Gasteiger partial charge in [0.1, 0.15) is 0 Å². The number of amides is 2. The van der Waals surface area contributed by atoms with Crippen molar-refractivity contribution in [1.82, 2.24) is 15.5 Å². The highest BCUT2D eigenvalue weighted by Crippen LogP contribution is 1.98. The van der Waals surface area contributed by atoms with Crippen LogP contribution in [0.3, 0.4) is 0 Å². The molecule has 1 saturated heterocycles. The fraction of sp³-hybridized carbons (Fsp3) is 0.800. The number of urea groups is 1. The van der Waals surface area contributed by atoms with E-state index in [4.69, 9.17) is 0 Å². The van der Waals surface area contributed by atoms with E-state index in [0.717, 1.165) is 6.54 Å². The molecule has 1 unspecified atom stereocenters. The summed E-state index contributed by atoms with van der Waals surface area (Å²) < 4.78 is 4.48. The number of hydrogen-bond acceptors (Lipinski definition) is 4. The van der Waals surface area contributed by atoms with Crippen molar-refractivity contribution in [1.29, 1.82) is 0 Å². The normalized spacial score (nSPS) is 19.2. The van der Waals surface area contributed by atoms with Crippen molar-refractivity contribution >= 4 is 24.4 Å². The first-order valence-electron chi connectivity index (χ1n) is 5.46. The van der Waals surface area contributed by atoms with Crippen LogP contribution in [0.25, 0.3) is 0 Å². The number of rotatable bonds is 3. The molecule has 2 N–H and O–H groups in total. The van der Waals surface area contributed by atoms with Crippen LogP contribution in [0.2, 0.25) is 0 Å². The van der Waals surface area contributed by atoms with E-state index < -0.39 is 0 Å². The Balaban J connectivity index is 0.00000256. The summed E-state index contributed by atoms with van der Waals surface area (Å²) in [6, 6.07) is 0.206. The number of carbonyl (C=O) groups excluding carboxylic acids is 2. The lowest BCUT2D eigenvalue weighted by Crippen LogP contribution is -2.54. The summed E-state index contributed by atoms with van der Waals surface area (Å²) in [6.45, 7) is 4.57. The molecular formula is C10H20ClN3O3. The molecule has 2 amide bonds. The van der Waals surface area contributed by atoms with Crippen LogP contribution in [0.15, 0.2) is 0 Å². The average molecular weight is 266 g/mol. The summed E-state index contributed by atoms with van der Waals surface area (Å²) in [5.74, 6) is -0.311. The van der Waals surface area contributed by atoms with Crippen molar-refractivity contribution in [2.45, 2.75) is 19.4 Å². The van der Waals surface area contributed by atoms with Gasteiger partial charge < -0.3 is 20.3 Å². The minimum atomic E-state index is -0.311. The highest BCUT2D eigenvalue weighted by atomic mass is 35.5. The SMILES string of the molecule is COC(=O)CCNC(=O)N1CCNC(C)C1.Cl. The Labute approximate surface area is 107 Å². The van der Waals surface area contributed by atoms with Crippen LogP contribution >= 0.6 is 12.4 Å². The Hall–Kier alpha value is -1.01. The maximum Gasteiger partial charge on any atom is 0.317 e. The Morgan fingerprint density at radius 2 is 2.24 bits per heavy atom. The first kappa shape index (κ1) is 16.0. The van der Waals surface area contributed by atoms with Gasteiger partial charge in [-0.25, -0.2) is 4.79 Å². The van der Waals surface area contributed by atoms with Gasteiger partial charge in [-0.05, 0) is 6.92 Å². The zero-order chi connectivity index (χ0) is 12.0. The fourth-order valence-corrected chi connectivity index (χ4v) is 1.60. The van der Waals surface area contributed by atoms with Crippen molar-refractivity contribution in [2.24, 2.45) is 0 Å². The fourth-order valence-electron chi connectivity index (χ4n) is 1.60. The molecule has 7 heteroatoms. The lowest BCUT2D eigenvalue weighted by molar-refractivity contribution is -0.140. The highest BCUT2D eigenvalue weighted by Gasteiger charge is 2.19. The number of piperazine rings is 1. The minimum Gasteiger partial charge on any atom is -0.469 e. The summed E-state index contributed by atoms with van der Waals surface area (Å²) in [4.78, 5) is 24.2. The van der Waals surface area contributed by atoms with Crippen molar-refractivity contribution in [3.8, 4) is 0 Å². The molecule has 17 heavy (non-hydrogen) atoms. The molecule has 6 nitrogen and oxygen atoms in total. The summed E-state index contributed by atoms with van der Waals surface area (Å²) in [5.41, 5.74) is 0. The molecular weight excluding hydrogens is 246 g/mol. The molecule has 1 heterocycles. The van der Waals surface area contributed by atoms with Crippen molar-refractivity contribution in [3.63, 3.8) is 0 Å². The number of nitrogens with zero attached hydrogens (tertiary/aromatic N) is 1. The van der Waals surface area contributed by atoms with E-state index in [2.05, 4.69) is 15.4 Å². The van der Waals surface area contributed by atoms with Gasteiger partial charge in [-0.1, -0.05) is 0 Å². The maximum absolute atomic E-state index is 11.6. The lowest BCUT2D eigenvalue weighted by Gasteiger charge is -2.31. The van der Waals surface area contributed by atoms with E-state index in [1.54, 1.807) is 4.90 Å².